The zero-order valence-electron chi connectivity index (χ0n) is 19.5. The average Bonchev–Trinajstić information content (AvgIpc) is 2.81. The van der Waals surface area contributed by atoms with E-state index in [2.05, 4.69) is 4.74 Å². The summed E-state index contributed by atoms with van der Waals surface area (Å²) in [5, 5.41) is 9.61. The summed E-state index contributed by atoms with van der Waals surface area (Å²) in [7, 11) is 0. The fourth-order valence-corrected chi connectivity index (χ4v) is 3.40. The molecule has 0 saturated carbocycles. The quantitative estimate of drug-likeness (QED) is 0.275. The average molecular weight is 571 g/mol. The molecule has 0 spiro atoms. The van der Waals surface area contributed by atoms with Crippen LogP contribution < -0.4 is 14.4 Å². The van der Waals surface area contributed by atoms with Gasteiger partial charge in [0.05, 0.1) is 12.1 Å². The van der Waals surface area contributed by atoms with Gasteiger partial charge in [-0.2, -0.15) is 26.3 Å². The van der Waals surface area contributed by atoms with Crippen LogP contribution in [0.3, 0.4) is 0 Å². The van der Waals surface area contributed by atoms with E-state index < -0.39 is 55.0 Å². The number of alkyl halides is 9. The Morgan fingerprint density at radius 3 is 2.08 bits per heavy atom. The Labute approximate surface area is 215 Å². The minimum atomic E-state index is -5.05. The van der Waals surface area contributed by atoms with E-state index in [1.807, 2.05) is 0 Å². The minimum absolute atomic E-state index is 0.00995. The minimum Gasteiger partial charge on any atom is -0.489 e. The van der Waals surface area contributed by atoms with Gasteiger partial charge in [-0.15, -0.1) is 13.2 Å². The first kappa shape index (κ1) is 29.9. The Balaban J connectivity index is 1.83. The molecule has 0 aromatic heterocycles. The molecule has 0 saturated heterocycles. The third kappa shape index (κ3) is 8.94. The summed E-state index contributed by atoms with van der Waals surface area (Å²) in [6.45, 7) is -2.00. The van der Waals surface area contributed by atoms with Crippen LogP contribution in [0.15, 0.2) is 66.7 Å². The predicted octanol–water partition coefficient (Wildman–Crippen LogP) is 7.25. The summed E-state index contributed by atoms with van der Waals surface area (Å²) >= 11 is 0. The Morgan fingerprint density at radius 2 is 1.46 bits per heavy atom. The lowest BCUT2D eigenvalue weighted by Gasteiger charge is -2.29. The van der Waals surface area contributed by atoms with Gasteiger partial charge < -0.3 is 19.5 Å². The molecule has 0 amide bonds. The topological polar surface area (TPSA) is 41.9 Å². The van der Waals surface area contributed by atoms with E-state index in [0.29, 0.717) is 6.07 Å². The number of hydrogen-bond donors (Lipinski definition) is 1. The van der Waals surface area contributed by atoms with E-state index in [-0.39, 0.29) is 35.2 Å². The SMILES string of the molecule is O[C@H](CN(Cc1ccc(C(F)(F)F)cc1F)c1cccc(OCc2cccc(OC(F)(F)F)c2)c1)C(F)(F)F. The van der Waals surface area contributed by atoms with E-state index in [9.17, 15) is 49.0 Å². The van der Waals surface area contributed by atoms with E-state index in [1.54, 1.807) is 0 Å². The van der Waals surface area contributed by atoms with E-state index in [4.69, 9.17) is 4.74 Å². The fourth-order valence-electron chi connectivity index (χ4n) is 3.40. The van der Waals surface area contributed by atoms with Gasteiger partial charge in [0.2, 0.25) is 0 Å². The van der Waals surface area contributed by atoms with Gasteiger partial charge in [0.1, 0.15) is 23.9 Å². The first-order chi connectivity index (χ1) is 18.0. The Kier molecular flexibility index (Phi) is 8.88. The highest BCUT2D eigenvalue weighted by Gasteiger charge is 2.39. The second-order valence-electron chi connectivity index (χ2n) is 8.22. The van der Waals surface area contributed by atoms with E-state index in [1.165, 1.54) is 36.4 Å². The van der Waals surface area contributed by atoms with Gasteiger partial charge in [0, 0.05) is 23.9 Å². The van der Waals surface area contributed by atoms with Gasteiger partial charge >= 0.3 is 18.7 Å². The molecule has 0 aliphatic carbocycles. The van der Waals surface area contributed by atoms with Crippen LogP contribution >= 0.6 is 0 Å². The van der Waals surface area contributed by atoms with Crippen molar-refractivity contribution in [3.8, 4) is 11.5 Å². The molecule has 3 aromatic rings. The number of anilines is 1. The maximum absolute atomic E-state index is 14.4. The Bertz CT molecular complexity index is 1260. The first-order valence-corrected chi connectivity index (χ1v) is 10.9. The molecule has 0 bridgehead atoms. The largest absolute Gasteiger partial charge is 0.573 e. The van der Waals surface area contributed by atoms with Crippen LogP contribution in [0.2, 0.25) is 0 Å². The molecule has 3 rings (SSSR count). The second kappa shape index (κ2) is 11.6. The van der Waals surface area contributed by atoms with Crippen molar-refractivity contribution in [1.82, 2.24) is 0 Å². The van der Waals surface area contributed by atoms with Gasteiger partial charge in [-0.25, -0.2) is 4.39 Å². The number of benzene rings is 3. The number of halogens is 10. The monoisotopic (exact) mass is 571 g/mol. The lowest BCUT2D eigenvalue weighted by atomic mass is 10.1. The molecule has 0 radical (unpaired) electrons. The number of nitrogens with zero attached hydrogens (tertiary/aromatic N) is 1. The predicted molar refractivity (Wildman–Crippen MR) is 118 cm³/mol. The molecule has 4 nitrogen and oxygen atoms in total. The van der Waals surface area contributed by atoms with Gasteiger partial charge in [-0.3, -0.25) is 0 Å². The van der Waals surface area contributed by atoms with Crippen LogP contribution in [0.4, 0.5) is 49.6 Å². The van der Waals surface area contributed by atoms with Crippen LogP contribution in [-0.4, -0.2) is 30.3 Å². The zero-order valence-corrected chi connectivity index (χ0v) is 19.5. The second-order valence-corrected chi connectivity index (χ2v) is 8.22. The summed E-state index contributed by atoms with van der Waals surface area (Å²) in [5.41, 5.74) is -1.40. The van der Waals surface area contributed by atoms with Crippen molar-refractivity contribution < 1.29 is 58.5 Å². The van der Waals surface area contributed by atoms with E-state index >= 15 is 0 Å². The normalized spacial score (nSPS) is 13.2. The molecule has 0 aliphatic rings. The summed E-state index contributed by atoms with van der Waals surface area (Å²) in [6, 6.07) is 11.7. The van der Waals surface area contributed by atoms with Gasteiger partial charge in [-0.05, 0) is 42.0 Å². The number of rotatable bonds is 9. The third-order valence-corrected chi connectivity index (χ3v) is 5.23. The van der Waals surface area contributed by atoms with Gasteiger partial charge in [0.15, 0.2) is 6.10 Å². The highest BCUT2D eigenvalue weighted by atomic mass is 19.4. The maximum atomic E-state index is 14.4. The Morgan fingerprint density at radius 1 is 0.795 bits per heavy atom. The zero-order chi connectivity index (χ0) is 29.0. The molecule has 1 atom stereocenters. The van der Waals surface area contributed by atoms with Crippen molar-refractivity contribution in [2.75, 3.05) is 11.4 Å². The lowest BCUT2D eigenvalue weighted by Crippen LogP contribution is -2.41. The van der Waals surface area contributed by atoms with Crippen molar-refractivity contribution >= 4 is 5.69 Å². The van der Waals surface area contributed by atoms with Crippen LogP contribution in [0.5, 0.6) is 11.5 Å². The maximum Gasteiger partial charge on any atom is 0.573 e. The molecule has 212 valence electrons. The standard InChI is InChI=1S/C25H19F10NO3/c26-21-10-17(23(27,28)29)8-7-16(21)12-36(13-22(37)24(30,31)32)18-4-2-5-19(11-18)38-14-15-3-1-6-20(9-15)39-25(33,34)35/h1-11,22,37H,12-14H2/t22-/m1/s1. The molecule has 1 N–H and O–H groups in total. The van der Waals surface area contributed by atoms with Gasteiger partial charge in [0.25, 0.3) is 0 Å². The fraction of sp³-hybridized carbons (Fsp3) is 0.280. The third-order valence-electron chi connectivity index (χ3n) is 5.23. The molecule has 3 aromatic carbocycles. The van der Waals surface area contributed by atoms with Crippen LogP contribution in [-0.2, 0) is 19.3 Å². The van der Waals surface area contributed by atoms with Crippen LogP contribution in [0, 0.1) is 5.82 Å². The van der Waals surface area contributed by atoms with Crippen molar-refractivity contribution in [2.45, 2.75) is 38.0 Å². The van der Waals surface area contributed by atoms with Crippen molar-refractivity contribution in [3.63, 3.8) is 0 Å². The first-order valence-electron chi connectivity index (χ1n) is 10.9. The summed E-state index contributed by atoms with van der Waals surface area (Å²) < 4.78 is 139. The van der Waals surface area contributed by atoms with Crippen LogP contribution in [0.25, 0.3) is 0 Å². The molecule has 0 unspecified atom stereocenters. The van der Waals surface area contributed by atoms with Gasteiger partial charge in [-0.1, -0.05) is 24.3 Å². The number of hydrogen-bond acceptors (Lipinski definition) is 4. The summed E-state index contributed by atoms with van der Waals surface area (Å²) in [4.78, 5) is 0.897. The lowest BCUT2D eigenvalue weighted by molar-refractivity contribution is -0.274. The summed E-state index contributed by atoms with van der Waals surface area (Å²) in [5.74, 6) is -1.76. The number of ether oxygens (including phenoxy) is 2. The smallest absolute Gasteiger partial charge is 0.489 e. The number of aliphatic hydroxyl groups excluding tert-OH is 1. The highest BCUT2D eigenvalue weighted by molar-refractivity contribution is 5.51. The molecular formula is C25H19F10NO3. The van der Waals surface area contributed by atoms with Crippen molar-refractivity contribution in [2.24, 2.45) is 0 Å². The number of aliphatic hydroxyl groups is 1. The summed E-state index contributed by atoms with van der Waals surface area (Å²) in [6.07, 6.45) is -17.7. The molecule has 39 heavy (non-hydrogen) atoms. The van der Waals surface area contributed by atoms with Crippen molar-refractivity contribution in [1.29, 1.82) is 0 Å². The molecule has 0 aliphatic heterocycles. The Hall–Kier alpha value is -3.68. The molecule has 14 heteroatoms. The van der Waals surface area contributed by atoms with Crippen LogP contribution in [0.1, 0.15) is 16.7 Å². The molecular weight excluding hydrogens is 552 g/mol. The van der Waals surface area contributed by atoms with Crippen molar-refractivity contribution in [3.05, 3.63) is 89.2 Å². The van der Waals surface area contributed by atoms with E-state index in [0.717, 1.165) is 23.1 Å². The molecule has 0 heterocycles. The highest BCUT2D eigenvalue weighted by Crippen LogP contribution is 2.32. The molecule has 0 fully saturated rings.